The van der Waals surface area contributed by atoms with Gasteiger partial charge in [-0.25, -0.2) is 5.84 Å². The van der Waals surface area contributed by atoms with Crippen LogP contribution in [0.15, 0.2) is 4.99 Å². The van der Waals surface area contributed by atoms with Crippen LogP contribution in [-0.4, -0.2) is 32.3 Å². The second-order valence-corrected chi connectivity index (χ2v) is 4.60. The van der Waals surface area contributed by atoms with E-state index in [1.807, 2.05) is 6.92 Å². The number of aliphatic imine (C=N–C) groups is 1. The summed E-state index contributed by atoms with van der Waals surface area (Å²) >= 11 is 0. The molecule has 1 saturated carbocycles. The largest absolute Gasteiger partial charge is 0.382 e. The molecule has 0 aromatic rings. The summed E-state index contributed by atoms with van der Waals surface area (Å²) in [6, 6.07) is 0. The lowest BCUT2D eigenvalue weighted by atomic mass is 10.1. The second kappa shape index (κ2) is 6.70. The van der Waals surface area contributed by atoms with E-state index in [4.69, 9.17) is 10.6 Å². The summed E-state index contributed by atoms with van der Waals surface area (Å²) in [6.07, 6.45) is 3.52. The molecule has 0 radical (unpaired) electrons. The molecule has 0 unspecified atom stereocenters. The van der Waals surface area contributed by atoms with E-state index < -0.39 is 0 Å². The average Bonchev–Trinajstić information content (AvgIpc) is 3.01. The van der Waals surface area contributed by atoms with Gasteiger partial charge in [0.2, 0.25) is 5.96 Å². The number of guanidine groups is 1. The highest BCUT2D eigenvalue weighted by molar-refractivity contribution is 5.79. The highest BCUT2D eigenvalue weighted by Crippen LogP contribution is 2.44. The molecule has 1 rings (SSSR count). The molecular weight excluding hydrogens is 204 g/mol. The first-order chi connectivity index (χ1) is 7.70. The minimum atomic E-state index is 0.426. The van der Waals surface area contributed by atoms with E-state index in [9.17, 15) is 0 Å². The van der Waals surface area contributed by atoms with Gasteiger partial charge in [0.1, 0.15) is 0 Å². The van der Waals surface area contributed by atoms with Crippen LogP contribution in [0.25, 0.3) is 0 Å². The Morgan fingerprint density at radius 2 is 2.25 bits per heavy atom. The first-order valence-corrected chi connectivity index (χ1v) is 6.03. The summed E-state index contributed by atoms with van der Waals surface area (Å²) in [4.78, 5) is 4.42. The topological polar surface area (TPSA) is 71.7 Å². The van der Waals surface area contributed by atoms with E-state index in [0.29, 0.717) is 11.4 Å². The smallest absolute Gasteiger partial charge is 0.205 e. The van der Waals surface area contributed by atoms with Crippen molar-refractivity contribution in [2.24, 2.45) is 16.3 Å². The van der Waals surface area contributed by atoms with E-state index in [-0.39, 0.29) is 0 Å². The van der Waals surface area contributed by atoms with Crippen molar-refractivity contribution >= 4 is 5.96 Å². The van der Waals surface area contributed by atoms with Gasteiger partial charge >= 0.3 is 0 Å². The summed E-state index contributed by atoms with van der Waals surface area (Å²) in [7, 11) is 0. The van der Waals surface area contributed by atoms with Crippen LogP contribution in [0, 0.1) is 5.41 Å². The maximum absolute atomic E-state index is 5.39. The Labute approximate surface area is 97.8 Å². The Kier molecular flexibility index (Phi) is 5.55. The number of ether oxygens (including phenoxy) is 1. The number of rotatable bonds is 7. The van der Waals surface area contributed by atoms with Gasteiger partial charge in [-0.15, -0.1) is 0 Å². The van der Waals surface area contributed by atoms with Gasteiger partial charge in [-0.1, -0.05) is 6.92 Å². The zero-order valence-electron chi connectivity index (χ0n) is 10.4. The van der Waals surface area contributed by atoms with Crippen LogP contribution in [0.2, 0.25) is 0 Å². The summed E-state index contributed by atoms with van der Waals surface area (Å²) < 4.78 is 5.24. The quantitative estimate of drug-likeness (QED) is 0.196. The number of nitrogens with zero attached hydrogens (tertiary/aromatic N) is 1. The highest BCUT2D eigenvalue weighted by atomic mass is 16.5. The molecule has 0 amide bonds. The maximum atomic E-state index is 5.39. The van der Waals surface area contributed by atoms with Crippen molar-refractivity contribution in [3.8, 4) is 0 Å². The number of hydrazine groups is 1. The summed E-state index contributed by atoms with van der Waals surface area (Å²) in [6.45, 7) is 7.48. The molecule has 94 valence electrons. The molecule has 1 fully saturated rings. The van der Waals surface area contributed by atoms with Gasteiger partial charge in [0.05, 0.1) is 0 Å². The van der Waals surface area contributed by atoms with E-state index in [2.05, 4.69) is 22.7 Å². The fourth-order valence-corrected chi connectivity index (χ4v) is 1.32. The third-order valence-corrected chi connectivity index (χ3v) is 2.82. The highest BCUT2D eigenvalue weighted by Gasteiger charge is 2.36. The Morgan fingerprint density at radius 3 is 2.81 bits per heavy atom. The van der Waals surface area contributed by atoms with Crippen LogP contribution in [0.3, 0.4) is 0 Å². The monoisotopic (exact) mass is 228 g/mol. The van der Waals surface area contributed by atoms with Crippen molar-refractivity contribution in [1.82, 2.24) is 10.7 Å². The van der Waals surface area contributed by atoms with Gasteiger partial charge < -0.3 is 10.1 Å². The van der Waals surface area contributed by atoms with Gasteiger partial charge in [0.15, 0.2) is 0 Å². The molecule has 5 nitrogen and oxygen atoms in total. The van der Waals surface area contributed by atoms with Crippen molar-refractivity contribution in [3.05, 3.63) is 0 Å². The lowest BCUT2D eigenvalue weighted by Gasteiger charge is -2.10. The molecule has 0 heterocycles. The number of hydrogen-bond acceptors (Lipinski definition) is 3. The molecular formula is C11H24N4O. The fourth-order valence-electron chi connectivity index (χ4n) is 1.32. The van der Waals surface area contributed by atoms with Crippen LogP contribution in [0.1, 0.15) is 33.1 Å². The van der Waals surface area contributed by atoms with Crippen molar-refractivity contribution < 1.29 is 4.74 Å². The van der Waals surface area contributed by atoms with Crippen molar-refractivity contribution in [1.29, 1.82) is 0 Å². The van der Waals surface area contributed by atoms with Gasteiger partial charge in [-0.2, -0.15) is 0 Å². The van der Waals surface area contributed by atoms with Crippen molar-refractivity contribution in [2.75, 3.05) is 26.3 Å². The minimum Gasteiger partial charge on any atom is -0.382 e. The summed E-state index contributed by atoms with van der Waals surface area (Å²) in [5.74, 6) is 6.07. The predicted molar refractivity (Wildman–Crippen MR) is 66.1 cm³/mol. The lowest BCUT2D eigenvalue weighted by molar-refractivity contribution is 0.145. The Morgan fingerprint density at radius 1 is 1.50 bits per heavy atom. The van der Waals surface area contributed by atoms with E-state index in [0.717, 1.165) is 32.7 Å². The van der Waals surface area contributed by atoms with E-state index in [1.54, 1.807) is 0 Å². The molecule has 1 aliphatic carbocycles. The molecule has 0 bridgehead atoms. The van der Waals surface area contributed by atoms with Gasteiger partial charge in [-0.3, -0.25) is 10.4 Å². The second-order valence-electron chi connectivity index (χ2n) is 4.60. The maximum Gasteiger partial charge on any atom is 0.205 e. The first kappa shape index (κ1) is 13.3. The number of nitrogens with one attached hydrogen (secondary N) is 2. The van der Waals surface area contributed by atoms with Crippen LogP contribution < -0.4 is 16.6 Å². The Balaban J connectivity index is 2.10. The molecule has 0 aromatic heterocycles. The van der Waals surface area contributed by atoms with E-state index in [1.165, 1.54) is 12.8 Å². The molecule has 0 aliphatic heterocycles. The van der Waals surface area contributed by atoms with Crippen molar-refractivity contribution in [3.63, 3.8) is 0 Å². The lowest BCUT2D eigenvalue weighted by Crippen LogP contribution is -2.42. The first-order valence-electron chi connectivity index (χ1n) is 6.03. The van der Waals surface area contributed by atoms with Gasteiger partial charge in [-0.05, 0) is 31.6 Å². The van der Waals surface area contributed by atoms with Crippen molar-refractivity contribution in [2.45, 2.75) is 33.1 Å². The average molecular weight is 228 g/mol. The van der Waals surface area contributed by atoms with Crippen LogP contribution in [-0.2, 0) is 4.74 Å². The molecule has 0 atom stereocenters. The summed E-state index contributed by atoms with van der Waals surface area (Å²) in [5.41, 5.74) is 3.02. The Hall–Kier alpha value is -0.810. The molecule has 1 aliphatic rings. The zero-order chi connectivity index (χ0) is 11.9. The molecule has 5 heteroatoms. The van der Waals surface area contributed by atoms with Gasteiger partial charge in [0, 0.05) is 26.3 Å². The fraction of sp³-hybridized carbons (Fsp3) is 0.909. The molecule has 0 saturated heterocycles. The minimum absolute atomic E-state index is 0.426. The summed E-state index contributed by atoms with van der Waals surface area (Å²) in [5, 5.41) is 3.16. The molecule has 0 spiro atoms. The number of nitrogens with two attached hydrogens (primary N) is 1. The van der Waals surface area contributed by atoms with Crippen LogP contribution >= 0.6 is 0 Å². The van der Waals surface area contributed by atoms with Crippen LogP contribution in [0.5, 0.6) is 0 Å². The number of hydrogen-bond donors (Lipinski definition) is 3. The van der Waals surface area contributed by atoms with E-state index >= 15 is 0 Å². The molecule has 16 heavy (non-hydrogen) atoms. The third-order valence-electron chi connectivity index (χ3n) is 2.82. The van der Waals surface area contributed by atoms with Crippen LogP contribution in [0.4, 0.5) is 0 Å². The standard InChI is InChI=1S/C11H24N4O/c1-3-16-8-4-7-13-10(15-12)14-9-11(2)5-6-11/h3-9,12H2,1-2H3,(H2,13,14,15). The normalized spacial score (nSPS) is 18.3. The van der Waals surface area contributed by atoms with Gasteiger partial charge in [0.25, 0.3) is 0 Å². The third kappa shape index (κ3) is 5.32. The zero-order valence-corrected chi connectivity index (χ0v) is 10.4. The SMILES string of the molecule is CCOCCCNC(=NCC1(C)CC1)NN. The molecule has 0 aromatic carbocycles. The Bertz CT molecular complexity index is 226. The molecule has 4 N–H and O–H groups in total. The predicted octanol–water partition coefficient (Wildman–Crippen LogP) is 0.622.